The molecule has 5 nitrogen and oxygen atoms in total. The lowest BCUT2D eigenvalue weighted by Crippen LogP contribution is -2.40. The maximum Gasteiger partial charge on any atom is 0.161 e. The molecule has 0 spiro atoms. The van der Waals surface area contributed by atoms with Crippen molar-refractivity contribution in [2.24, 2.45) is 11.8 Å². The molecule has 0 aromatic heterocycles. The van der Waals surface area contributed by atoms with Crippen LogP contribution in [0.2, 0.25) is 0 Å². The second-order valence-electron chi connectivity index (χ2n) is 9.76. The molecule has 1 unspecified atom stereocenters. The zero-order valence-electron chi connectivity index (χ0n) is 18.8. The van der Waals surface area contributed by atoms with E-state index in [1.54, 1.807) is 7.11 Å². The summed E-state index contributed by atoms with van der Waals surface area (Å²) in [4.78, 5) is 2.30. The summed E-state index contributed by atoms with van der Waals surface area (Å²) >= 11 is 0. The van der Waals surface area contributed by atoms with Crippen molar-refractivity contribution in [3.8, 4) is 11.5 Å². The minimum atomic E-state index is -0.499. The fraction of sp³-hybridized carbons (Fsp3) is 0.760. The van der Waals surface area contributed by atoms with Crippen LogP contribution in [0.15, 0.2) is 18.2 Å². The van der Waals surface area contributed by atoms with Crippen molar-refractivity contribution in [3.05, 3.63) is 23.8 Å². The number of benzene rings is 1. The van der Waals surface area contributed by atoms with E-state index in [1.165, 1.54) is 63.4 Å². The molecule has 3 fully saturated rings. The van der Waals surface area contributed by atoms with E-state index in [4.69, 9.17) is 9.47 Å². The summed E-state index contributed by atoms with van der Waals surface area (Å²) in [5.74, 6) is 3.25. The van der Waals surface area contributed by atoms with Gasteiger partial charge in [-0.1, -0.05) is 25.3 Å². The van der Waals surface area contributed by atoms with E-state index in [-0.39, 0.29) is 6.61 Å². The Bertz CT molecular complexity index is 656. The molecule has 3 aliphatic rings. The summed E-state index contributed by atoms with van der Waals surface area (Å²) in [6, 6.07) is 7.46. The van der Waals surface area contributed by atoms with E-state index >= 15 is 0 Å². The van der Waals surface area contributed by atoms with Crippen molar-refractivity contribution in [1.82, 2.24) is 10.2 Å². The van der Waals surface area contributed by atoms with Gasteiger partial charge in [0.05, 0.1) is 7.11 Å². The smallest absolute Gasteiger partial charge is 0.161 e. The third-order valence-electron chi connectivity index (χ3n) is 7.16. The predicted octanol–water partition coefficient (Wildman–Crippen LogP) is 3.98. The normalized spacial score (nSPS) is 21.2. The minimum Gasteiger partial charge on any atom is -0.493 e. The first-order valence-corrected chi connectivity index (χ1v) is 12.1. The molecule has 5 heteroatoms. The van der Waals surface area contributed by atoms with Gasteiger partial charge >= 0.3 is 0 Å². The number of rotatable bonds is 12. The monoisotopic (exact) mass is 416 g/mol. The highest BCUT2D eigenvalue weighted by molar-refractivity contribution is 5.43. The number of ether oxygens (including phenoxy) is 2. The summed E-state index contributed by atoms with van der Waals surface area (Å²) in [7, 11) is 3.81. The van der Waals surface area contributed by atoms with Gasteiger partial charge in [-0.15, -0.1) is 0 Å². The Balaban J connectivity index is 1.25. The van der Waals surface area contributed by atoms with E-state index in [0.717, 1.165) is 24.1 Å². The number of hydrogen-bond acceptors (Lipinski definition) is 5. The van der Waals surface area contributed by atoms with Crippen molar-refractivity contribution in [1.29, 1.82) is 0 Å². The van der Waals surface area contributed by atoms with Gasteiger partial charge in [0.2, 0.25) is 0 Å². The third kappa shape index (κ3) is 6.12. The molecule has 0 radical (unpaired) electrons. The Morgan fingerprint density at radius 2 is 1.73 bits per heavy atom. The van der Waals surface area contributed by atoms with Gasteiger partial charge in [0.15, 0.2) is 11.5 Å². The number of aliphatic hydroxyl groups is 1. The van der Waals surface area contributed by atoms with E-state index in [1.807, 2.05) is 6.07 Å². The Morgan fingerprint density at radius 1 is 1.03 bits per heavy atom. The lowest BCUT2D eigenvalue weighted by atomic mass is 9.94. The summed E-state index contributed by atoms with van der Waals surface area (Å²) in [5, 5.41) is 14.3. The highest BCUT2D eigenvalue weighted by atomic mass is 16.5. The highest BCUT2D eigenvalue weighted by Crippen LogP contribution is 2.44. The molecule has 0 amide bonds. The first kappa shape index (κ1) is 21.9. The van der Waals surface area contributed by atoms with Crippen LogP contribution >= 0.6 is 0 Å². The quantitative estimate of drug-likeness (QED) is 0.540. The number of aliphatic hydroxyl groups excluding tert-OH is 1. The second kappa shape index (κ2) is 10.3. The molecular formula is C25H40N2O3. The van der Waals surface area contributed by atoms with E-state index in [2.05, 4.69) is 29.4 Å². The van der Waals surface area contributed by atoms with Crippen molar-refractivity contribution in [3.63, 3.8) is 0 Å². The first-order chi connectivity index (χ1) is 14.6. The van der Waals surface area contributed by atoms with Gasteiger partial charge in [-0.05, 0) is 75.1 Å². The van der Waals surface area contributed by atoms with E-state index in [9.17, 15) is 5.11 Å². The largest absolute Gasteiger partial charge is 0.493 e. The van der Waals surface area contributed by atoms with Gasteiger partial charge in [0.25, 0.3) is 0 Å². The maximum atomic E-state index is 10.5. The van der Waals surface area contributed by atoms with Crippen LogP contribution in [0.4, 0.5) is 0 Å². The zero-order chi connectivity index (χ0) is 20.9. The molecule has 1 aromatic rings. The highest BCUT2D eigenvalue weighted by Gasteiger charge is 2.40. The summed E-state index contributed by atoms with van der Waals surface area (Å²) in [5.41, 5.74) is 1.23. The van der Waals surface area contributed by atoms with Crippen molar-refractivity contribution < 1.29 is 14.6 Å². The molecule has 1 atom stereocenters. The average Bonchev–Trinajstić information content (AvgIpc) is 3.68. The van der Waals surface area contributed by atoms with Crippen molar-refractivity contribution >= 4 is 0 Å². The van der Waals surface area contributed by atoms with Gasteiger partial charge < -0.3 is 24.8 Å². The number of hydrogen-bond donors (Lipinski definition) is 2. The molecule has 2 N–H and O–H groups in total. The van der Waals surface area contributed by atoms with Crippen LogP contribution in [0, 0.1) is 11.8 Å². The second-order valence-corrected chi connectivity index (χ2v) is 9.76. The fourth-order valence-corrected chi connectivity index (χ4v) is 5.05. The molecule has 0 saturated heterocycles. The number of methoxy groups -OCH3 is 1. The van der Waals surface area contributed by atoms with Crippen LogP contribution in [0.5, 0.6) is 11.5 Å². The van der Waals surface area contributed by atoms with Gasteiger partial charge in [-0.2, -0.15) is 0 Å². The topological polar surface area (TPSA) is 54.0 Å². The lowest BCUT2D eigenvalue weighted by Gasteiger charge is -2.32. The number of likely N-dealkylation sites (N-methyl/N-ethyl adjacent to an activating group) is 1. The van der Waals surface area contributed by atoms with Crippen LogP contribution in [-0.2, 0) is 6.54 Å². The summed E-state index contributed by atoms with van der Waals surface area (Å²) < 4.78 is 11.5. The van der Waals surface area contributed by atoms with Crippen LogP contribution in [0.1, 0.15) is 63.4 Å². The molecule has 1 aromatic carbocycles. The molecule has 3 aliphatic carbocycles. The van der Waals surface area contributed by atoms with Gasteiger partial charge in [-0.25, -0.2) is 0 Å². The number of nitrogens with one attached hydrogen (secondary N) is 1. The van der Waals surface area contributed by atoms with Crippen LogP contribution < -0.4 is 14.8 Å². The van der Waals surface area contributed by atoms with Crippen LogP contribution in [0.25, 0.3) is 0 Å². The SMILES string of the molecule is COc1cc(CNC(C2CC2)C2CC2)ccc1OCC(O)CN(C)C1CCCCC1. The Morgan fingerprint density at radius 3 is 2.37 bits per heavy atom. The van der Waals surface area contributed by atoms with Crippen LogP contribution in [-0.4, -0.2) is 55.5 Å². The lowest BCUT2D eigenvalue weighted by molar-refractivity contribution is 0.0553. The summed E-state index contributed by atoms with van der Waals surface area (Å²) in [6.45, 7) is 1.82. The Kier molecular flexibility index (Phi) is 7.55. The molecule has 4 rings (SSSR count). The van der Waals surface area contributed by atoms with E-state index < -0.39 is 6.10 Å². The minimum absolute atomic E-state index is 0.288. The predicted molar refractivity (Wildman–Crippen MR) is 120 cm³/mol. The Labute approximate surface area is 182 Å². The van der Waals surface area contributed by atoms with Crippen molar-refractivity contribution in [2.75, 3.05) is 27.3 Å². The van der Waals surface area contributed by atoms with Gasteiger partial charge in [0.1, 0.15) is 12.7 Å². The van der Waals surface area contributed by atoms with Crippen molar-refractivity contribution in [2.45, 2.75) is 82.5 Å². The third-order valence-corrected chi connectivity index (χ3v) is 7.16. The zero-order valence-corrected chi connectivity index (χ0v) is 18.8. The molecule has 0 bridgehead atoms. The standard InChI is InChI=1S/C25H40N2O3/c1-27(21-6-4-3-5-7-21)16-22(28)17-30-23-13-8-18(14-24(23)29-2)15-26-25(19-9-10-19)20-11-12-20/h8,13-14,19-22,25-26,28H,3-7,9-12,15-17H2,1-2H3. The molecule has 0 aliphatic heterocycles. The van der Waals surface area contributed by atoms with Gasteiger partial charge in [-0.3, -0.25) is 0 Å². The average molecular weight is 417 g/mol. The Hall–Kier alpha value is -1.30. The maximum absolute atomic E-state index is 10.5. The first-order valence-electron chi connectivity index (χ1n) is 12.1. The molecule has 30 heavy (non-hydrogen) atoms. The molecule has 3 saturated carbocycles. The fourth-order valence-electron chi connectivity index (χ4n) is 5.05. The molecule has 168 valence electrons. The summed E-state index contributed by atoms with van der Waals surface area (Å²) in [6.07, 6.45) is 11.5. The number of nitrogens with zero attached hydrogens (tertiary/aromatic N) is 1. The van der Waals surface area contributed by atoms with E-state index in [0.29, 0.717) is 24.4 Å². The molecule has 0 heterocycles. The van der Waals surface area contributed by atoms with Crippen LogP contribution in [0.3, 0.4) is 0 Å². The molecular weight excluding hydrogens is 376 g/mol. The van der Waals surface area contributed by atoms with Gasteiger partial charge in [0, 0.05) is 25.2 Å².